The van der Waals surface area contributed by atoms with Gasteiger partial charge in [0.1, 0.15) is 21.7 Å². The van der Waals surface area contributed by atoms with Crippen molar-refractivity contribution in [2.45, 2.75) is 56.2 Å². The molecule has 1 heterocycles. The van der Waals surface area contributed by atoms with Crippen molar-refractivity contribution in [1.82, 2.24) is 9.71 Å². The molecular formula is C14H17BrF6N2O2S. The lowest BCUT2D eigenvalue weighted by Gasteiger charge is -2.41. The van der Waals surface area contributed by atoms with E-state index in [-0.39, 0.29) is 4.60 Å². The molecule has 12 heteroatoms. The van der Waals surface area contributed by atoms with E-state index in [1.54, 1.807) is 0 Å². The minimum atomic E-state index is -5.71. The first kappa shape index (κ1) is 23.3. The van der Waals surface area contributed by atoms with Crippen molar-refractivity contribution in [3.63, 3.8) is 0 Å². The van der Waals surface area contributed by atoms with Gasteiger partial charge >= 0.3 is 12.1 Å². The van der Waals surface area contributed by atoms with E-state index >= 15 is 0 Å². The topological polar surface area (TPSA) is 62.2 Å². The number of hydrogen-bond donors (Lipinski definition) is 2. The van der Waals surface area contributed by atoms with Crippen LogP contribution < -0.4 is 4.72 Å². The summed E-state index contributed by atoms with van der Waals surface area (Å²) in [5, 5.41) is 9.21. The highest BCUT2D eigenvalue weighted by molar-refractivity contribution is 9.10. The number of rotatable bonds is 5. The lowest BCUT2D eigenvalue weighted by molar-refractivity contribution is -0.288. The molecule has 0 spiro atoms. The van der Waals surface area contributed by atoms with E-state index in [4.69, 9.17) is 0 Å². The Morgan fingerprint density at radius 2 is 1.65 bits per heavy atom. The first-order valence-corrected chi connectivity index (χ1v) is 9.03. The van der Waals surface area contributed by atoms with Crippen LogP contribution in [-0.4, -0.2) is 37.2 Å². The molecule has 0 amide bonds. The highest BCUT2D eigenvalue weighted by atomic mass is 79.9. The molecule has 4 nitrogen and oxygen atoms in total. The quantitative estimate of drug-likeness (QED) is 0.508. The minimum absolute atomic E-state index is 0.138. The van der Waals surface area contributed by atoms with E-state index in [0.717, 1.165) is 6.07 Å². The number of nitrogens with one attached hydrogen (secondary N) is 1. The van der Waals surface area contributed by atoms with E-state index in [0.29, 0.717) is 13.0 Å². The van der Waals surface area contributed by atoms with E-state index in [1.807, 2.05) is 4.72 Å². The number of hydrogen-bond acceptors (Lipinski definition) is 3. The van der Waals surface area contributed by atoms with Gasteiger partial charge in [-0.2, -0.15) is 13.2 Å². The molecule has 2 N–H and O–H groups in total. The van der Waals surface area contributed by atoms with E-state index in [1.165, 1.54) is 20.8 Å². The monoisotopic (exact) mass is 470 g/mol. The molecule has 0 radical (unpaired) electrons. The normalized spacial score (nSPS) is 18.3. The van der Waals surface area contributed by atoms with E-state index < -0.39 is 51.0 Å². The molecule has 0 aliphatic heterocycles. The second kappa shape index (κ2) is 7.36. The number of aliphatic hydroxyl groups excluding tert-OH is 1. The van der Waals surface area contributed by atoms with Crippen molar-refractivity contribution in [1.29, 1.82) is 0 Å². The fourth-order valence-corrected chi connectivity index (χ4v) is 3.08. The van der Waals surface area contributed by atoms with Crippen LogP contribution in [0.3, 0.4) is 0 Å². The van der Waals surface area contributed by atoms with Crippen LogP contribution in [0.2, 0.25) is 0 Å². The van der Waals surface area contributed by atoms with Gasteiger partial charge in [0.05, 0.1) is 15.7 Å². The molecule has 0 aliphatic rings. The van der Waals surface area contributed by atoms with Crippen LogP contribution in [0.25, 0.3) is 0 Å². The smallest absolute Gasteiger partial charge is 0.379 e. The minimum Gasteiger partial charge on any atom is -0.379 e. The lowest BCUT2D eigenvalue weighted by atomic mass is 9.86. The van der Waals surface area contributed by atoms with Crippen LogP contribution in [-0.2, 0) is 16.5 Å². The van der Waals surface area contributed by atoms with Gasteiger partial charge < -0.3 is 5.11 Å². The molecule has 3 atom stereocenters. The van der Waals surface area contributed by atoms with Crippen molar-refractivity contribution >= 4 is 26.9 Å². The maximum absolute atomic E-state index is 14.7. The zero-order valence-corrected chi connectivity index (χ0v) is 16.5. The van der Waals surface area contributed by atoms with Gasteiger partial charge in [-0.3, -0.25) is 0 Å². The van der Waals surface area contributed by atoms with Crippen LogP contribution in [0.1, 0.15) is 33.4 Å². The number of aliphatic hydroxyl groups is 1. The second-order valence-corrected chi connectivity index (χ2v) is 9.42. The molecule has 0 saturated heterocycles. The molecule has 150 valence electrons. The maximum Gasteiger partial charge on any atom is 0.420 e. The Morgan fingerprint density at radius 1 is 1.15 bits per heavy atom. The van der Waals surface area contributed by atoms with Gasteiger partial charge in [-0.15, -0.1) is 0 Å². The zero-order chi connectivity index (χ0) is 20.7. The summed E-state index contributed by atoms with van der Waals surface area (Å²) in [6, 6.07) is 1.76. The molecular weight excluding hydrogens is 454 g/mol. The van der Waals surface area contributed by atoms with Gasteiger partial charge in [-0.1, -0.05) is 0 Å². The SMILES string of the molecule is CC(C)(C)S(=O)N[C@](C)(c1nc(Br)ccc1F)C(F)(F)[C@H](O)C(F)(F)F. The fraction of sp³-hybridized carbons (Fsp3) is 0.643. The summed E-state index contributed by atoms with van der Waals surface area (Å²) in [5.74, 6) is -6.37. The second-order valence-electron chi connectivity index (χ2n) is 6.64. The van der Waals surface area contributed by atoms with Crippen molar-refractivity contribution in [2.75, 3.05) is 0 Å². The van der Waals surface area contributed by atoms with Crippen molar-refractivity contribution in [3.05, 3.63) is 28.2 Å². The third kappa shape index (κ3) is 4.57. The third-order valence-corrected chi connectivity index (χ3v) is 5.61. The highest BCUT2D eigenvalue weighted by Gasteiger charge is 2.66. The average molecular weight is 471 g/mol. The molecule has 0 aliphatic carbocycles. The Bertz CT molecular complexity index is 695. The summed E-state index contributed by atoms with van der Waals surface area (Å²) in [5.41, 5.74) is -4.37. The van der Waals surface area contributed by atoms with Crippen LogP contribution in [0.15, 0.2) is 16.7 Å². The molecule has 0 bridgehead atoms. The van der Waals surface area contributed by atoms with Crippen LogP contribution >= 0.6 is 15.9 Å². The van der Waals surface area contributed by atoms with Crippen molar-refractivity contribution in [3.8, 4) is 0 Å². The standard InChI is InChI=1S/C14H17BrF6N2O2S/c1-11(2,3)26(25)23-12(4,9-7(16)5-6-8(15)22-9)13(17,18)10(24)14(19,20)21/h5-6,10,23-24H,1-4H3/t10-,12+,26?/m0/s1. The number of nitrogens with zero attached hydrogens (tertiary/aromatic N) is 1. The van der Waals surface area contributed by atoms with Gasteiger partial charge in [0, 0.05) is 0 Å². The molecule has 0 saturated carbocycles. The Labute approximate surface area is 157 Å². The van der Waals surface area contributed by atoms with Gasteiger partial charge in [-0.25, -0.2) is 27.1 Å². The summed E-state index contributed by atoms with van der Waals surface area (Å²) in [6.07, 6.45) is -9.86. The van der Waals surface area contributed by atoms with Gasteiger partial charge in [0.2, 0.25) is 6.10 Å². The van der Waals surface area contributed by atoms with Gasteiger partial charge in [-0.05, 0) is 55.8 Å². The molecule has 26 heavy (non-hydrogen) atoms. The van der Waals surface area contributed by atoms with Gasteiger partial charge in [0.15, 0.2) is 0 Å². The Hall–Kier alpha value is -0.720. The first-order chi connectivity index (χ1) is 11.4. The average Bonchev–Trinajstić information content (AvgIpc) is 2.46. The molecule has 1 rings (SSSR count). The number of aromatic nitrogens is 1. The largest absolute Gasteiger partial charge is 0.420 e. The lowest BCUT2D eigenvalue weighted by Crippen LogP contribution is -2.64. The molecule has 0 fully saturated rings. The predicted octanol–water partition coefficient (Wildman–Crippen LogP) is 3.81. The van der Waals surface area contributed by atoms with E-state index in [2.05, 4.69) is 20.9 Å². The van der Waals surface area contributed by atoms with Crippen LogP contribution in [0.4, 0.5) is 26.3 Å². The summed E-state index contributed by atoms with van der Waals surface area (Å²) < 4.78 is 94.8. The Morgan fingerprint density at radius 3 is 2.08 bits per heavy atom. The summed E-state index contributed by atoms with van der Waals surface area (Å²) >= 11 is 2.83. The van der Waals surface area contributed by atoms with Gasteiger partial charge in [0.25, 0.3) is 0 Å². The first-order valence-electron chi connectivity index (χ1n) is 7.09. The number of halogens is 7. The van der Waals surface area contributed by atoms with Crippen molar-refractivity contribution in [2.24, 2.45) is 0 Å². The molecule has 1 aromatic rings. The summed E-state index contributed by atoms with van der Waals surface area (Å²) in [4.78, 5) is 3.50. The number of alkyl halides is 5. The molecule has 1 aromatic heterocycles. The Balaban J connectivity index is 3.67. The van der Waals surface area contributed by atoms with Crippen molar-refractivity contribution < 1.29 is 35.7 Å². The maximum atomic E-state index is 14.7. The van der Waals surface area contributed by atoms with Crippen LogP contribution in [0.5, 0.6) is 0 Å². The summed E-state index contributed by atoms with van der Waals surface area (Å²) in [7, 11) is -2.34. The highest BCUT2D eigenvalue weighted by Crippen LogP contribution is 2.45. The van der Waals surface area contributed by atoms with Crippen LogP contribution in [0, 0.1) is 5.82 Å². The Kier molecular flexibility index (Phi) is 6.60. The number of pyridine rings is 1. The molecule has 1 unspecified atom stereocenters. The fourth-order valence-electron chi connectivity index (χ4n) is 1.86. The summed E-state index contributed by atoms with van der Waals surface area (Å²) in [6.45, 7) is 4.63. The molecule has 0 aromatic carbocycles. The van der Waals surface area contributed by atoms with E-state index in [9.17, 15) is 35.7 Å². The predicted molar refractivity (Wildman–Crippen MR) is 87.3 cm³/mol. The third-order valence-electron chi connectivity index (χ3n) is 3.46. The zero-order valence-electron chi connectivity index (χ0n) is 14.1.